The molecule has 0 aliphatic carbocycles. The number of para-hydroxylation sites is 2. The lowest BCUT2D eigenvalue weighted by molar-refractivity contribution is -0.121. The number of rotatable bonds is 6. The van der Waals surface area contributed by atoms with Gasteiger partial charge in [0.15, 0.2) is 0 Å². The zero-order chi connectivity index (χ0) is 23.8. The maximum absolute atomic E-state index is 13.8. The van der Waals surface area contributed by atoms with Crippen LogP contribution in [0.1, 0.15) is 38.2 Å². The third-order valence-electron chi connectivity index (χ3n) is 6.09. The summed E-state index contributed by atoms with van der Waals surface area (Å²) in [6.45, 7) is 0.290. The van der Waals surface area contributed by atoms with Crippen molar-refractivity contribution < 1.29 is 22.0 Å². The number of alkyl halides is 2. The number of nitrogens with one attached hydrogen (secondary N) is 1. The van der Waals surface area contributed by atoms with Crippen molar-refractivity contribution in [1.82, 2.24) is 14.5 Å². The summed E-state index contributed by atoms with van der Waals surface area (Å²) in [5.74, 6) is -0.0881. The predicted octanol–water partition coefficient (Wildman–Crippen LogP) is 3.49. The number of primary sulfonamides is 1. The normalized spacial score (nSPS) is 16.9. The summed E-state index contributed by atoms with van der Waals surface area (Å²) in [5, 5.41) is 7.88. The first-order valence-electron chi connectivity index (χ1n) is 10.6. The van der Waals surface area contributed by atoms with Gasteiger partial charge >= 0.3 is 6.55 Å². The fourth-order valence-electron chi connectivity index (χ4n) is 4.25. The van der Waals surface area contributed by atoms with E-state index >= 15 is 0 Å². The maximum Gasteiger partial charge on any atom is 0.320 e. The number of sulfonamides is 1. The van der Waals surface area contributed by atoms with Gasteiger partial charge in [-0.3, -0.25) is 14.3 Å². The molecule has 8 nitrogen and oxygen atoms in total. The Kier molecular flexibility index (Phi) is 6.46. The molecule has 0 bridgehead atoms. The predicted molar refractivity (Wildman–Crippen MR) is 120 cm³/mol. The van der Waals surface area contributed by atoms with Gasteiger partial charge in [0.1, 0.15) is 5.82 Å². The van der Waals surface area contributed by atoms with Crippen molar-refractivity contribution >= 4 is 32.7 Å². The van der Waals surface area contributed by atoms with Gasteiger partial charge in [0.05, 0.1) is 22.0 Å². The number of piperidine rings is 1. The van der Waals surface area contributed by atoms with Crippen LogP contribution in [0, 0.1) is 5.92 Å². The molecule has 1 amide bonds. The lowest BCUT2D eigenvalue weighted by atomic mass is 9.94. The van der Waals surface area contributed by atoms with Gasteiger partial charge in [-0.25, -0.2) is 18.5 Å². The highest BCUT2D eigenvalue weighted by Crippen LogP contribution is 2.32. The second kappa shape index (κ2) is 9.16. The third-order valence-corrected chi connectivity index (χ3v) is 7.02. The van der Waals surface area contributed by atoms with Crippen LogP contribution in [0.25, 0.3) is 11.0 Å². The summed E-state index contributed by atoms with van der Waals surface area (Å²) < 4.78 is 51.3. The van der Waals surface area contributed by atoms with E-state index in [1.807, 2.05) is 6.92 Å². The zero-order valence-electron chi connectivity index (χ0n) is 18.0. The van der Waals surface area contributed by atoms with Crippen LogP contribution in [0.4, 0.5) is 14.5 Å². The van der Waals surface area contributed by atoms with Gasteiger partial charge in [-0.15, -0.1) is 0 Å². The Hall–Kier alpha value is -2.89. The van der Waals surface area contributed by atoms with Crippen molar-refractivity contribution in [3.8, 4) is 0 Å². The molecule has 1 saturated heterocycles. The summed E-state index contributed by atoms with van der Waals surface area (Å²) in [5.41, 5.74) is 1.41. The van der Waals surface area contributed by atoms with E-state index in [4.69, 9.17) is 5.14 Å². The Morgan fingerprint density at radius 3 is 2.36 bits per heavy atom. The van der Waals surface area contributed by atoms with Crippen molar-refractivity contribution in [2.45, 2.75) is 37.3 Å². The average Bonchev–Trinajstić information content (AvgIpc) is 3.18. The Morgan fingerprint density at radius 1 is 1.12 bits per heavy atom. The maximum atomic E-state index is 13.8. The number of hydrogen-bond acceptors (Lipinski definition) is 5. The molecule has 1 aromatic heterocycles. The first-order valence-corrected chi connectivity index (χ1v) is 12.1. The van der Waals surface area contributed by atoms with Gasteiger partial charge in [-0.1, -0.05) is 12.1 Å². The molecule has 1 aliphatic heterocycles. The van der Waals surface area contributed by atoms with Gasteiger partial charge in [0, 0.05) is 11.6 Å². The Balaban J connectivity index is 1.40. The van der Waals surface area contributed by atoms with Crippen LogP contribution < -0.4 is 10.5 Å². The Morgan fingerprint density at radius 2 is 1.76 bits per heavy atom. The molecule has 2 aromatic carbocycles. The number of nitrogens with zero attached hydrogens (tertiary/aromatic N) is 3. The summed E-state index contributed by atoms with van der Waals surface area (Å²) in [4.78, 5) is 19.2. The van der Waals surface area contributed by atoms with Gasteiger partial charge in [0.25, 0.3) is 0 Å². The van der Waals surface area contributed by atoms with Gasteiger partial charge < -0.3 is 5.32 Å². The number of anilines is 1. The summed E-state index contributed by atoms with van der Waals surface area (Å²) >= 11 is 0. The van der Waals surface area contributed by atoms with Crippen molar-refractivity contribution in [1.29, 1.82) is 0 Å². The molecule has 1 aliphatic rings. The molecule has 1 fully saturated rings. The fraction of sp³-hybridized carbons (Fsp3) is 0.364. The van der Waals surface area contributed by atoms with Crippen LogP contribution in [0.15, 0.2) is 53.4 Å². The quantitative estimate of drug-likeness (QED) is 0.565. The summed E-state index contributed by atoms with van der Waals surface area (Å²) in [6, 6.07) is 12.2. The van der Waals surface area contributed by atoms with Crippen molar-refractivity contribution in [2.75, 3.05) is 18.4 Å². The van der Waals surface area contributed by atoms with Crippen LogP contribution in [0.5, 0.6) is 0 Å². The van der Waals surface area contributed by atoms with Gasteiger partial charge in [-0.2, -0.15) is 8.78 Å². The second-order valence-corrected chi connectivity index (χ2v) is 9.71. The number of likely N-dealkylation sites (tertiary alicyclic amines) is 1. The lowest BCUT2D eigenvalue weighted by Gasteiger charge is -2.35. The lowest BCUT2D eigenvalue weighted by Crippen LogP contribution is -2.40. The highest BCUT2D eigenvalue weighted by atomic mass is 32.2. The number of carbonyl (C=O) groups excluding carboxylic acids is 1. The third kappa shape index (κ3) is 4.90. The van der Waals surface area contributed by atoms with E-state index < -0.39 is 16.6 Å². The van der Waals surface area contributed by atoms with E-state index in [-0.39, 0.29) is 22.8 Å². The molecule has 0 radical (unpaired) electrons. The van der Waals surface area contributed by atoms with Gasteiger partial charge in [0.2, 0.25) is 15.9 Å². The number of hydrogen-bond donors (Lipinski definition) is 2. The largest absolute Gasteiger partial charge is 0.326 e. The number of carbonyl (C=O) groups is 1. The molecule has 11 heteroatoms. The number of nitrogens with two attached hydrogens (primary N) is 1. The van der Waals surface area contributed by atoms with E-state index in [1.165, 1.54) is 24.3 Å². The minimum absolute atomic E-state index is 0.0300. The minimum atomic E-state index is -3.80. The number of amides is 1. The summed E-state index contributed by atoms with van der Waals surface area (Å²) in [6.07, 6.45) is 1.14. The monoisotopic (exact) mass is 477 g/mol. The standard InChI is InChI=1S/C22H25F2N5O3S/c1-14(20-27-18-4-2-3-5-19(18)29(20)22(23)24)28-12-10-15(11-13-28)21(30)26-16-6-8-17(9-7-16)33(25,31)32/h2-9,14-15,22H,10-13H2,1H3,(H,26,30)(H2,25,31,32). The SMILES string of the molecule is CC(c1nc2ccccc2n1C(F)F)N1CCC(C(=O)Nc2ccc(S(N)(=O)=O)cc2)CC1. The Bertz CT molecular complexity index is 1250. The number of aromatic nitrogens is 2. The molecule has 3 aromatic rings. The van der Waals surface area contributed by atoms with Gasteiger partial charge in [-0.05, 0) is 69.3 Å². The van der Waals surface area contributed by atoms with Crippen LogP contribution in [0.3, 0.4) is 0 Å². The molecule has 1 unspecified atom stereocenters. The molecule has 4 rings (SSSR count). The number of imidazole rings is 1. The zero-order valence-corrected chi connectivity index (χ0v) is 18.8. The highest BCUT2D eigenvalue weighted by molar-refractivity contribution is 7.89. The number of fused-ring (bicyclic) bond motifs is 1. The van der Waals surface area contributed by atoms with Crippen LogP contribution >= 0.6 is 0 Å². The second-order valence-electron chi connectivity index (χ2n) is 8.15. The number of halogens is 2. The first-order chi connectivity index (χ1) is 15.6. The van der Waals surface area contributed by atoms with E-state index in [1.54, 1.807) is 24.3 Å². The molecule has 1 atom stereocenters. The smallest absolute Gasteiger partial charge is 0.320 e. The molecule has 3 N–H and O–H groups in total. The molecular weight excluding hydrogens is 452 g/mol. The van der Waals surface area contributed by atoms with Crippen molar-refractivity contribution in [2.24, 2.45) is 11.1 Å². The molecule has 2 heterocycles. The number of benzene rings is 2. The van der Waals surface area contributed by atoms with Crippen molar-refractivity contribution in [3.05, 3.63) is 54.4 Å². The van der Waals surface area contributed by atoms with E-state index in [0.29, 0.717) is 48.5 Å². The Labute approximate surface area is 190 Å². The summed E-state index contributed by atoms with van der Waals surface area (Å²) in [7, 11) is -3.80. The van der Waals surface area contributed by atoms with E-state index in [0.717, 1.165) is 4.57 Å². The van der Waals surface area contributed by atoms with Crippen LogP contribution in [0.2, 0.25) is 0 Å². The van der Waals surface area contributed by atoms with Crippen LogP contribution in [-0.2, 0) is 14.8 Å². The topological polar surface area (TPSA) is 110 Å². The fourth-order valence-corrected chi connectivity index (χ4v) is 4.76. The molecule has 0 saturated carbocycles. The van der Waals surface area contributed by atoms with Crippen molar-refractivity contribution in [3.63, 3.8) is 0 Å². The van der Waals surface area contributed by atoms with Crippen LogP contribution in [-0.4, -0.2) is 41.9 Å². The first kappa shape index (κ1) is 23.3. The minimum Gasteiger partial charge on any atom is -0.326 e. The molecule has 0 spiro atoms. The van der Waals surface area contributed by atoms with E-state index in [9.17, 15) is 22.0 Å². The average molecular weight is 478 g/mol. The molecule has 33 heavy (non-hydrogen) atoms. The van der Waals surface area contributed by atoms with E-state index in [2.05, 4.69) is 15.2 Å². The molecular formula is C22H25F2N5O3S. The highest BCUT2D eigenvalue weighted by Gasteiger charge is 2.31. The molecule has 176 valence electrons.